The summed E-state index contributed by atoms with van der Waals surface area (Å²) in [5.74, 6) is 0. The molecule has 2 saturated heterocycles. The number of thiophene rings is 1. The minimum atomic E-state index is 0.107. The molecule has 2 aliphatic heterocycles. The van der Waals surface area contributed by atoms with E-state index in [0.717, 1.165) is 65.0 Å². The van der Waals surface area contributed by atoms with E-state index in [0.29, 0.717) is 18.6 Å². The average molecular weight is 442 g/mol. The van der Waals surface area contributed by atoms with Gasteiger partial charge in [0.05, 0.1) is 0 Å². The Kier molecular flexibility index (Phi) is 8.00. The summed E-state index contributed by atoms with van der Waals surface area (Å²) in [6.07, 6.45) is 4.86. The van der Waals surface area contributed by atoms with Crippen LogP contribution in [0.3, 0.4) is 0 Å². The van der Waals surface area contributed by atoms with Crippen LogP contribution in [0.2, 0.25) is 0 Å². The molecule has 31 heavy (non-hydrogen) atoms. The molecule has 1 aromatic heterocycles. The normalized spacial score (nSPS) is 18.7. The molecular weight excluding hydrogens is 406 g/mol. The van der Waals surface area contributed by atoms with E-state index in [2.05, 4.69) is 58.4 Å². The van der Waals surface area contributed by atoms with Crippen LogP contribution >= 0.6 is 11.3 Å². The highest BCUT2D eigenvalue weighted by atomic mass is 32.1. The number of benzene rings is 1. The number of rotatable bonds is 7. The molecule has 5 nitrogen and oxygen atoms in total. The maximum Gasteiger partial charge on any atom is 0.317 e. The van der Waals surface area contributed by atoms with Gasteiger partial charge >= 0.3 is 6.03 Å². The second kappa shape index (κ2) is 11.1. The highest BCUT2D eigenvalue weighted by Crippen LogP contribution is 2.26. The fourth-order valence-electron chi connectivity index (χ4n) is 4.79. The van der Waals surface area contributed by atoms with Crippen LogP contribution < -0.4 is 5.32 Å². The third kappa shape index (κ3) is 6.31. The summed E-state index contributed by atoms with van der Waals surface area (Å²) in [4.78, 5) is 20.8. The van der Waals surface area contributed by atoms with Crippen molar-refractivity contribution in [3.63, 3.8) is 0 Å². The highest BCUT2D eigenvalue weighted by Gasteiger charge is 2.34. The summed E-state index contributed by atoms with van der Waals surface area (Å²) in [6.45, 7) is 7.51. The standard InChI is InChI=1S/C25H35N3O2S/c1-20-7-8-24(31-20)19-27-15-10-22(11-16-27)28(23-12-17-30-18-13-23)25(29)26-14-9-21-5-3-2-4-6-21/h2-8,22-23H,9-19H2,1H3,(H,26,29). The SMILES string of the molecule is Cc1ccc(CN2CCC(N(C(=O)NCCc3ccccc3)C3CCOCC3)CC2)s1. The van der Waals surface area contributed by atoms with E-state index in [-0.39, 0.29) is 6.03 Å². The van der Waals surface area contributed by atoms with E-state index < -0.39 is 0 Å². The Morgan fingerprint density at radius 1 is 1.06 bits per heavy atom. The van der Waals surface area contributed by atoms with Crippen LogP contribution in [-0.2, 0) is 17.7 Å². The molecule has 2 aromatic rings. The van der Waals surface area contributed by atoms with Gasteiger partial charge in [0.1, 0.15) is 0 Å². The van der Waals surface area contributed by atoms with Crippen LogP contribution in [0, 0.1) is 6.92 Å². The zero-order chi connectivity index (χ0) is 21.5. The second-order valence-corrected chi connectivity index (χ2v) is 10.1. The molecule has 4 rings (SSSR count). The third-order valence-electron chi connectivity index (χ3n) is 6.48. The second-order valence-electron chi connectivity index (χ2n) is 8.74. The number of hydrogen-bond donors (Lipinski definition) is 1. The number of piperidine rings is 1. The molecule has 2 amide bonds. The lowest BCUT2D eigenvalue weighted by atomic mass is 9.98. The van der Waals surface area contributed by atoms with Crippen molar-refractivity contribution in [1.29, 1.82) is 0 Å². The minimum absolute atomic E-state index is 0.107. The Morgan fingerprint density at radius 3 is 2.45 bits per heavy atom. The number of nitrogens with zero attached hydrogens (tertiary/aromatic N) is 2. The number of amides is 2. The van der Waals surface area contributed by atoms with Crippen molar-refractivity contribution >= 4 is 17.4 Å². The van der Waals surface area contributed by atoms with Crippen LogP contribution in [0.4, 0.5) is 4.79 Å². The topological polar surface area (TPSA) is 44.8 Å². The van der Waals surface area contributed by atoms with E-state index in [9.17, 15) is 4.79 Å². The first-order valence-electron chi connectivity index (χ1n) is 11.6. The molecule has 0 bridgehead atoms. The summed E-state index contributed by atoms with van der Waals surface area (Å²) < 4.78 is 5.58. The van der Waals surface area contributed by atoms with Crippen molar-refractivity contribution in [1.82, 2.24) is 15.1 Å². The summed E-state index contributed by atoms with van der Waals surface area (Å²) in [5.41, 5.74) is 1.26. The summed E-state index contributed by atoms with van der Waals surface area (Å²) in [7, 11) is 0. The Bertz CT molecular complexity index is 811. The van der Waals surface area contributed by atoms with Gasteiger partial charge in [0.15, 0.2) is 0 Å². The summed E-state index contributed by atoms with van der Waals surface area (Å²) >= 11 is 1.89. The molecule has 168 valence electrons. The number of urea groups is 1. The molecule has 2 fully saturated rings. The van der Waals surface area contributed by atoms with Crippen LogP contribution in [0.25, 0.3) is 0 Å². The van der Waals surface area contributed by atoms with Crippen molar-refractivity contribution in [2.24, 2.45) is 0 Å². The monoisotopic (exact) mass is 441 g/mol. The van der Waals surface area contributed by atoms with Gasteiger partial charge in [-0.05, 0) is 56.7 Å². The number of carbonyl (C=O) groups is 1. The molecule has 6 heteroatoms. The number of aryl methyl sites for hydroxylation is 1. The van der Waals surface area contributed by atoms with Crippen LogP contribution in [-0.4, -0.2) is 60.8 Å². The molecule has 0 atom stereocenters. The first kappa shape index (κ1) is 22.3. The van der Waals surface area contributed by atoms with E-state index in [1.165, 1.54) is 15.3 Å². The van der Waals surface area contributed by atoms with Crippen molar-refractivity contribution < 1.29 is 9.53 Å². The van der Waals surface area contributed by atoms with Gasteiger partial charge in [0.25, 0.3) is 0 Å². The van der Waals surface area contributed by atoms with Gasteiger partial charge in [-0.1, -0.05) is 30.3 Å². The maximum absolute atomic E-state index is 13.3. The zero-order valence-corrected chi connectivity index (χ0v) is 19.4. The molecular formula is C25H35N3O2S. The van der Waals surface area contributed by atoms with Gasteiger partial charge in [-0.3, -0.25) is 4.90 Å². The lowest BCUT2D eigenvalue weighted by Crippen LogP contribution is -2.56. The Hall–Kier alpha value is -1.89. The molecule has 0 spiro atoms. The van der Waals surface area contributed by atoms with E-state index in [1.807, 2.05) is 17.4 Å². The van der Waals surface area contributed by atoms with Crippen LogP contribution in [0.15, 0.2) is 42.5 Å². The smallest absolute Gasteiger partial charge is 0.317 e. The fraction of sp³-hybridized carbons (Fsp3) is 0.560. The quantitative estimate of drug-likeness (QED) is 0.690. The lowest BCUT2D eigenvalue weighted by molar-refractivity contribution is 0.0205. The third-order valence-corrected chi connectivity index (χ3v) is 7.46. The molecule has 1 N–H and O–H groups in total. The maximum atomic E-state index is 13.3. The average Bonchev–Trinajstić information content (AvgIpc) is 3.21. The number of ether oxygens (including phenoxy) is 1. The largest absolute Gasteiger partial charge is 0.381 e. The highest BCUT2D eigenvalue weighted by molar-refractivity contribution is 7.11. The fourth-order valence-corrected chi connectivity index (χ4v) is 5.72. The Labute approximate surface area is 190 Å². The van der Waals surface area contributed by atoms with Crippen LogP contribution in [0.5, 0.6) is 0 Å². The van der Waals surface area contributed by atoms with Crippen molar-refractivity contribution in [2.75, 3.05) is 32.8 Å². The molecule has 0 aliphatic carbocycles. The number of carbonyl (C=O) groups excluding carboxylic acids is 1. The molecule has 0 saturated carbocycles. The Morgan fingerprint density at radius 2 is 1.77 bits per heavy atom. The predicted molar refractivity (Wildman–Crippen MR) is 127 cm³/mol. The molecule has 2 aliphatic rings. The van der Waals surface area contributed by atoms with Gasteiger partial charge in [-0.25, -0.2) is 4.79 Å². The van der Waals surface area contributed by atoms with Gasteiger partial charge in [-0.15, -0.1) is 11.3 Å². The van der Waals surface area contributed by atoms with Crippen LogP contribution in [0.1, 0.15) is 41.0 Å². The molecule has 3 heterocycles. The minimum Gasteiger partial charge on any atom is -0.381 e. The lowest BCUT2D eigenvalue weighted by Gasteiger charge is -2.43. The van der Waals surface area contributed by atoms with Gasteiger partial charge in [-0.2, -0.15) is 0 Å². The summed E-state index contributed by atoms with van der Waals surface area (Å²) in [6, 6.07) is 15.5. The first-order chi connectivity index (χ1) is 15.2. The van der Waals surface area contributed by atoms with Gasteiger partial charge in [0.2, 0.25) is 0 Å². The first-order valence-corrected chi connectivity index (χ1v) is 12.5. The summed E-state index contributed by atoms with van der Waals surface area (Å²) in [5, 5.41) is 3.21. The number of nitrogens with one attached hydrogen (secondary N) is 1. The van der Waals surface area contributed by atoms with Crippen molar-refractivity contribution in [3.05, 3.63) is 57.8 Å². The van der Waals surface area contributed by atoms with Crippen molar-refractivity contribution in [3.8, 4) is 0 Å². The van der Waals surface area contributed by atoms with Crippen molar-refractivity contribution in [2.45, 2.75) is 57.7 Å². The zero-order valence-electron chi connectivity index (χ0n) is 18.6. The van der Waals surface area contributed by atoms with Gasteiger partial charge in [0, 0.05) is 61.2 Å². The van der Waals surface area contributed by atoms with E-state index in [4.69, 9.17) is 4.74 Å². The number of likely N-dealkylation sites (tertiary alicyclic amines) is 1. The molecule has 0 unspecified atom stereocenters. The van der Waals surface area contributed by atoms with E-state index >= 15 is 0 Å². The molecule has 0 radical (unpaired) electrons. The number of hydrogen-bond acceptors (Lipinski definition) is 4. The van der Waals surface area contributed by atoms with Gasteiger partial charge < -0.3 is 15.0 Å². The Balaban J connectivity index is 1.33. The molecule has 1 aromatic carbocycles. The predicted octanol–water partition coefficient (Wildman–Crippen LogP) is 4.45. The van der Waals surface area contributed by atoms with E-state index in [1.54, 1.807) is 0 Å².